The van der Waals surface area contributed by atoms with Gasteiger partial charge in [-0.3, -0.25) is 9.59 Å². The summed E-state index contributed by atoms with van der Waals surface area (Å²) in [4.78, 5) is 26.0. The smallest absolute Gasteiger partial charge is 0.257 e. The van der Waals surface area contributed by atoms with Crippen molar-refractivity contribution in [2.45, 2.75) is 26.8 Å². The van der Waals surface area contributed by atoms with Crippen LogP contribution in [0.25, 0.3) is 5.69 Å². The predicted molar refractivity (Wildman–Crippen MR) is 93.4 cm³/mol. The molecule has 1 aromatic carbocycles. The molecule has 0 saturated carbocycles. The molecule has 24 heavy (non-hydrogen) atoms. The van der Waals surface area contributed by atoms with Crippen molar-refractivity contribution in [3.05, 3.63) is 47.2 Å². The van der Waals surface area contributed by atoms with E-state index in [0.29, 0.717) is 22.8 Å². The first kappa shape index (κ1) is 18.0. The summed E-state index contributed by atoms with van der Waals surface area (Å²) in [6, 6.07) is 7.28. The minimum absolute atomic E-state index is 0.0186. The van der Waals surface area contributed by atoms with Gasteiger partial charge in [-0.15, -0.1) is 0 Å². The van der Waals surface area contributed by atoms with Crippen molar-refractivity contribution in [3.63, 3.8) is 0 Å². The molecule has 0 saturated heterocycles. The van der Waals surface area contributed by atoms with E-state index >= 15 is 0 Å². The van der Waals surface area contributed by atoms with Crippen molar-refractivity contribution in [1.82, 2.24) is 20.0 Å². The Morgan fingerprint density at radius 1 is 1.33 bits per heavy atom. The molecule has 2 rings (SSSR count). The fourth-order valence-corrected chi connectivity index (χ4v) is 2.48. The van der Waals surface area contributed by atoms with Crippen molar-refractivity contribution in [2.24, 2.45) is 0 Å². The zero-order chi connectivity index (χ0) is 17.7. The molecule has 6 nitrogen and oxygen atoms in total. The van der Waals surface area contributed by atoms with E-state index in [1.54, 1.807) is 16.9 Å². The van der Waals surface area contributed by atoms with Gasteiger partial charge in [-0.05, 0) is 32.9 Å². The molecule has 0 aliphatic rings. The van der Waals surface area contributed by atoms with E-state index in [0.717, 1.165) is 0 Å². The van der Waals surface area contributed by atoms with Crippen molar-refractivity contribution < 1.29 is 9.59 Å². The molecule has 1 aromatic heterocycles. The highest BCUT2D eigenvalue weighted by atomic mass is 35.5. The van der Waals surface area contributed by atoms with Crippen molar-refractivity contribution in [3.8, 4) is 5.69 Å². The lowest BCUT2D eigenvalue weighted by Gasteiger charge is -2.20. The summed E-state index contributed by atoms with van der Waals surface area (Å²) in [5.74, 6) is -0.423. The highest BCUT2D eigenvalue weighted by Crippen LogP contribution is 2.19. The molecule has 0 atom stereocenters. The molecule has 2 aromatic rings. The van der Waals surface area contributed by atoms with Crippen LogP contribution in [0.1, 0.15) is 31.1 Å². The van der Waals surface area contributed by atoms with Gasteiger partial charge >= 0.3 is 0 Å². The van der Waals surface area contributed by atoms with Crippen molar-refractivity contribution in [1.29, 1.82) is 0 Å². The molecule has 0 unspecified atom stereocenters. The number of amides is 2. The average molecular weight is 349 g/mol. The second-order valence-electron chi connectivity index (χ2n) is 5.67. The van der Waals surface area contributed by atoms with Gasteiger partial charge in [0.15, 0.2) is 0 Å². The zero-order valence-electron chi connectivity index (χ0n) is 14.0. The summed E-state index contributed by atoms with van der Waals surface area (Å²) >= 11 is 6.15. The molecule has 0 fully saturated rings. The van der Waals surface area contributed by atoms with Crippen LogP contribution in [0.3, 0.4) is 0 Å². The Bertz CT molecular complexity index is 727. The van der Waals surface area contributed by atoms with Gasteiger partial charge < -0.3 is 10.2 Å². The van der Waals surface area contributed by atoms with Crippen LogP contribution in [-0.4, -0.2) is 45.6 Å². The Hall–Kier alpha value is -2.34. The summed E-state index contributed by atoms with van der Waals surface area (Å²) < 4.78 is 1.55. The summed E-state index contributed by atoms with van der Waals surface area (Å²) in [6.07, 6.45) is 3.10. The number of halogens is 1. The van der Waals surface area contributed by atoms with Gasteiger partial charge in [-0.25, -0.2) is 4.68 Å². The molecule has 1 N–H and O–H groups in total. The molecule has 0 aliphatic carbocycles. The van der Waals surface area contributed by atoms with Gasteiger partial charge in [0.2, 0.25) is 5.91 Å². The fourth-order valence-electron chi connectivity index (χ4n) is 2.25. The lowest BCUT2D eigenvalue weighted by Crippen LogP contribution is -2.42. The van der Waals surface area contributed by atoms with Gasteiger partial charge in [0.1, 0.15) is 0 Å². The van der Waals surface area contributed by atoms with Crippen LogP contribution >= 0.6 is 11.6 Å². The molecule has 128 valence electrons. The average Bonchev–Trinajstić information content (AvgIpc) is 3.01. The number of carbonyl (C=O) groups excluding carboxylic acids is 2. The van der Waals surface area contributed by atoms with E-state index < -0.39 is 0 Å². The summed E-state index contributed by atoms with van der Waals surface area (Å²) in [6.45, 7) is 6.04. The summed E-state index contributed by atoms with van der Waals surface area (Å²) in [7, 11) is 0. The van der Waals surface area contributed by atoms with Crippen LogP contribution in [0.2, 0.25) is 5.02 Å². The number of likely N-dealkylation sites (N-methyl/N-ethyl adjacent to an activating group) is 1. The number of nitrogens with one attached hydrogen (secondary N) is 1. The Labute approximate surface area is 146 Å². The first-order chi connectivity index (χ1) is 11.4. The van der Waals surface area contributed by atoms with Crippen molar-refractivity contribution in [2.75, 3.05) is 13.1 Å². The maximum absolute atomic E-state index is 12.6. The maximum Gasteiger partial charge on any atom is 0.257 e. The Morgan fingerprint density at radius 2 is 2.04 bits per heavy atom. The lowest BCUT2D eigenvalue weighted by molar-refractivity contribution is -0.122. The fraction of sp³-hybridized carbons (Fsp3) is 0.353. The molecule has 7 heteroatoms. The summed E-state index contributed by atoms with van der Waals surface area (Å²) in [5, 5.41) is 7.52. The minimum atomic E-state index is -0.241. The van der Waals surface area contributed by atoms with Crippen LogP contribution in [0.5, 0.6) is 0 Å². The van der Waals surface area contributed by atoms with Gasteiger partial charge in [-0.2, -0.15) is 5.10 Å². The molecule has 0 aliphatic heterocycles. The molecule has 2 amide bonds. The Kier molecular flexibility index (Phi) is 5.98. The third-order valence-electron chi connectivity index (χ3n) is 3.38. The monoisotopic (exact) mass is 348 g/mol. The maximum atomic E-state index is 12.6. The zero-order valence-corrected chi connectivity index (χ0v) is 14.7. The number of para-hydroxylation sites is 1. The van der Waals surface area contributed by atoms with E-state index in [1.165, 1.54) is 11.1 Å². The third-order valence-corrected chi connectivity index (χ3v) is 3.70. The highest BCUT2D eigenvalue weighted by Gasteiger charge is 2.19. The van der Waals surface area contributed by atoms with E-state index in [9.17, 15) is 9.59 Å². The van der Waals surface area contributed by atoms with Crippen LogP contribution in [-0.2, 0) is 4.79 Å². The first-order valence-electron chi connectivity index (χ1n) is 7.80. The van der Waals surface area contributed by atoms with E-state index in [1.807, 2.05) is 39.0 Å². The van der Waals surface area contributed by atoms with Crippen LogP contribution < -0.4 is 5.32 Å². The van der Waals surface area contributed by atoms with E-state index in [2.05, 4.69) is 10.4 Å². The lowest BCUT2D eigenvalue weighted by atomic mass is 10.3. The highest BCUT2D eigenvalue weighted by molar-refractivity contribution is 6.32. The van der Waals surface area contributed by atoms with Crippen LogP contribution in [0, 0.1) is 0 Å². The molecule has 1 heterocycles. The summed E-state index contributed by atoms with van der Waals surface area (Å²) in [5.41, 5.74) is 1.10. The minimum Gasteiger partial charge on any atom is -0.352 e. The number of hydrogen-bond acceptors (Lipinski definition) is 3. The number of benzene rings is 1. The molecule has 0 radical (unpaired) electrons. The molecule has 0 bridgehead atoms. The molecule has 0 spiro atoms. The Balaban J connectivity index is 2.14. The predicted octanol–water partition coefficient (Wildman–Crippen LogP) is 2.51. The van der Waals surface area contributed by atoms with Crippen molar-refractivity contribution >= 4 is 23.4 Å². The van der Waals surface area contributed by atoms with Crippen LogP contribution in [0.15, 0.2) is 36.7 Å². The molecular weight excluding hydrogens is 328 g/mol. The molecular formula is C17H21ClN4O2. The second-order valence-corrected chi connectivity index (χ2v) is 6.07. The largest absolute Gasteiger partial charge is 0.352 e. The standard InChI is InChI=1S/C17H21ClN4O2/c1-4-21(11-16(23)20-12(2)3)17(24)13-9-19-22(10-13)15-8-6-5-7-14(15)18/h5-10,12H,4,11H2,1-3H3,(H,20,23). The second kappa shape index (κ2) is 7.97. The SMILES string of the molecule is CCN(CC(=O)NC(C)C)C(=O)c1cnn(-c2ccccc2Cl)c1. The third kappa shape index (κ3) is 4.35. The normalized spacial score (nSPS) is 10.7. The van der Waals surface area contributed by atoms with E-state index in [-0.39, 0.29) is 24.4 Å². The van der Waals surface area contributed by atoms with E-state index in [4.69, 9.17) is 11.6 Å². The Morgan fingerprint density at radius 3 is 2.67 bits per heavy atom. The number of carbonyl (C=O) groups is 2. The number of aromatic nitrogens is 2. The van der Waals surface area contributed by atoms with Crippen LogP contribution in [0.4, 0.5) is 0 Å². The topological polar surface area (TPSA) is 67.2 Å². The number of rotatable bonds is 6. The first-order valence-corrected chi connectivity index (χ1v) is 8.18. The number of hydrogen-bond donors (Lipinski definition) is 1. The van der Waals surface area contributed by atoms with Gasteiger partial charge in [0.05, 0.1) is 29.0 Å². The quantitative estimate of drug-likeness (QED) is 0.872. The number of nitrogens with zero attached hydrogens (tertiary/aromatic N) is 3. The van der Waals surface area contributed by atoms with Gasteiger partial charge in [0.25, 0.3) is 5.91 Å². The van der Waals surface area contributed by atoms with Gasteiger partial charge in [-0.1, -0.05) is 23.7 Å². The van der Waals surface area contributed by atoms with Gasteiger partial charge in [0, 0.05) is 18.8 Å².